The lowest BCUT2D eigenvalue weighted by molar-refractivity contribution is -0.126. The molecule has 6 nitrogen and oxygen atoms in total. The Balaban J connectivity index is 1.57. The number of sulfonamides is 1. The molecule has 1 saturated heterocycles. The average Bonchev–Trinajstić information content (AvgIpc) is 3.24. The van der Waals surface area contributed by atoms with E-state index in [2.05, 4.69) is 21.7 Å². The third-order valence-electron chi connectivity index (χ3n) is 5.96. The van der Waals surface area contributed by atoms with Gasteiger partial charge in [-0.1, -0.05) is 6.07 Å². The summed E-state index contributed by atoms with van der Waals surface area (Å²) in [6.45, 7) is 5.17. The van der Waals surface area contributed by atoms with Crippen LogP contribution in [0, 0.1) is 19.8 Å². The lowest BCUT2D eigenvalue weighted by atomic mass is 9.97. The number of carbonyl (C=O) groups excluding carboxylic acids is 1. The summed E-state index contributed by atoms with van der Waals surface area (Å²) in [5.74, 6) is -0.137. The number of aryl methyl sites for hydroxylation is 2. The van der Waals surface area contributed by atoms with Gasteiger partial charge in [-0.3, -0.25) is 4.79 Å². The van der Waals surface area contributed by atoms with Crippen LogP contribution in [0.2, 0.25) is 0 Å². The van der Waals surface area contributed by atoms with Crippen molar-refractivity contribution < 1.29 is 13.2 Å². The fraction of sp³-hybridized carbons (Fsp3) is 0.500. The zero-order valence-corrected chi connectivity index (χ0v) is 19.7. The quantitative estimate of drug-likeness (QED) is 0.705. The highest BCUT2D eigenvalue weighted by molar-refractivity contribution is 7.89. The Hall–Kier alpha value is -1.74. The van der Waals surface area contributed by atoms with Crippen molar-refractivity contribution >= 4 is 27.3 Å². The lowest BCUT2D eigenvalue weighted by Gasteiger charge is -2.31. The molecular formula is C22H31N3O3S2. The van der Waals surface area contributed by atoms with Gasteiger partial charge >= 0.3 is 0 Å². The normalized spacial score (nSPS) is 17.2. The minimum atomic E-state index is -3.52. The molecule has 1 fully saturated rings. The van der Waals surface area contributed by atoms with Crippen LogP contribution in [0.25, 0.3) is 0 Å². The molecule has 0 radical (unpaired) electrons. The van der Waals surface area contributed by atoms with Gasteiger partial charge < -0.3 is 10.2 Å². The summed E-state index contributed by atoms with van der Waals surface area (Å²) in [6.07, 6.45) is 1.09. The van der Waals surface area contributed by atoms with Crippen molar-refractivity contribution in [3.63, 3.8) is 0 Å². The van der Waals surface area contributed by atoms with E-state index in [0.29, 0.717) is 37.4 Å². The van der Waals surface area contributed by atoms with Gasteiger partial charge in [0.15, 0.2) is 0 Å². The van der Waals surface area contributed by atoms with E-state index in [4.69, 9.17) is 0 Å². The van der Waals surface area contributed by atoms with Gasteiger partial charge in [0.05, 0.1) is 10.9 Å². The molecule has 1 aromatic carbocycles. The van der Waals surface area contributed by atoms with Gasteiger partial charge in [-0.05, 0) is 86.4 Å². The second-order valence-electron chi connectivity index (χ2n) is 8.21. The first-order chi connectivity index (χ1) is 14.2. The summed E-state index contributed by atoms with van der Waals surface area (Å²) in [6, 6.07) is 7.46. The molecule has 0 aliphatic carbocycles. The first-order valence-electron chi connectivity index (χ1n) is 10.2. The standard InChI is InChI=1S/C22H31N3O3S2/c1-16-5-6-20(13-17(16)2)30(27,28)25-10-7-18(8-11-25)22(26)23-14-21(24(3)4)19-9-12-29-15-19/h5-6,9,12-13,15,18,21H,7-8,10-11,14H2,1-4H3,(H,23,26). The summed E-state index contributed by atoms with van der Waals surface area (Å²) < 4.78 is 27.4. The third kappa shape index (κ3) is 5.11. The largest absolute Gasteiger partial charge is 0.354 e. The highest BCUT2D eigenvalue weighted by Gasteiger charge is 2.32. The molecule has 3 rings (SSSR count). The number of carbonyl (C=O) groups is 1. The SMILES string of the molecule is Cc1ccc(S(=O)(=O)N2CCC(C(=O)NCC(c3ccsc3)N(C)C)CC2)cc1C. The number of piperidine rings is 1. The van der Waals surface area contributed by atoms with Crippen molar-refractivity contribution in [1.29, 1.82) is 0 Å². The van der Waals surface area contributed by atoms with Gasteiger partial charge in [0.1, 0.15) is 0 Å². The van der Waals surface area contributed by atoms with Gasteiger partial charge in [-0.2, -0.15) is 15.6 Å². The fourth-order valence-corrected chi connectivity index (χ4v) is 6.05. The van der Waals surface area contributed by atoms with E-state index in [9.17, 15) is 13.2 Å². The average molecular weight is 450 g/mol. The number of hydrogen-bond donors (Lipinski definition) is 1. The van der Waals surface area contributed by atoms with E-state index in [1.54, 1.807) is 23.5 Å². The molecule has 1 aliphatic heterocycles. The number of nitrogens with one attached hydrogen (secondary N) is 1. The minimum absolute atomic E-state index is 0.0142. The summed E-state index contributed by atoms with van der Waals surface area (Å²) >= 11 is 1.65. The van der Waals surface area contributed by atoms with Crippen LogP contribution in [0.5, 0.6) is 0 Å². The first kappa shape index (κ1) is 22.9. The molecular weight excluding hydrogens is 418 g/mol. The number of nitrogens with zero attached hydrogens (tertiary/aromatic N) is 2. The number of benzene rings is 1. The van der Waals surface area contributed by atoms with Gasteiger partial charge in [0.2, 0.25) is 15.9 Å². The zero-order valence-electron chi connectivity index (χ0n) is 18.1. The molecule has 1 amide bonds. The fourth-order valence-electron chi connectivity index (χ4n) is 3.79. The molecule has 30 heavy (non-hydrogen) atoms. The number of hydrogen-bond acceptors (Lipinski definition) is 5. The van der Waals surface area contributed by atoms with Crippen LogP contribution in [0.4, 0.5) is 0 Å². The van der Waals surface area contributed by atoms with Gasteiger partial charge in [0.25, 0.3) is 0 Å². The predicted molar refractivity (Wildman–Crippen MR) is 121 cm³/mol. The molecule has 0 bridgehead atoms. The van der Waals surface area contributed by atoms with Gasteiger partial charge in [-0.25, -0.2) is 8.42 Å². The molecule has 164 valence electrons. The monoisotopic (exact) mass is 449 g/mol. The molecule has 8 heteroatoms. The Morgan fingerprint density at radius 3 is 2.47 bits per heavy atom. The molecule has 1 N–H and O–H groups in total. The molecule has 0 saturated carbocycles. The maximum atomic E-state index is 13.0. The van der Waals surface area contributed by atoms with Crippen LogP contribution < -0.4 is 5.32 Å². The van der Waals surface area contributed by atoms with E-state index in [0.717, 1.165) is 11.1 Å². The predicted octanol–water partition coefficient (Wildman–Crippen LogP) is 3.18. The summed E-state index contributed by atoms with van der Waals surface area (Å²) in [5.41, 5.74) is 3.23. The first-order valence-corrected chi connectivity index (χ1v) is 12.6. The van der Waals surface area contributed by atoms with Crippen molar-refractivity contribution in [3.05, 3.63) is 51.7 Å². The van der Waals surface area contributed by atoms with Gasteiger partial charge in [-0.15, -0.1) is 0 Å². The summed E-state index contributed by atoms with van der Waals surface area (Å²) in [7, 11) is 0.488. The smallest absolute Gasteiger partial charge is 0.243 e. The highest BCUT2D eigenvalue weighted by atomic mass is 32.2. The Bertz CT molecular complexity index is 964. The van der Waals surface area contributed by atoms with Crippen molar-refractivity contribution in [2.24, 2.45) is 5.92 Å². The van der Waals surface area contributed by atoms with E-state index in [1.807, 2.05) is 39.4 Å². The zero-order chi connectivity index (χ0) is 21.9. The van der Waals surface area contributed by atoms with E-state index in [1.165, 1.54) is 9.87 Å². The molecule has 1 aliphatic rings. The van der Waals surface area contributed by atoms with Crippen LogP contribution in [-0.4, -0.2) is 57.3 Å². The summed E-state index contributed by atoms with van der Waals surface area (Å²) in [4.78, 5) is 15.1. The Labute approximate surface area is 183 Å². The second kappa shape index (κ2) is 9.60. The second-order valence-corrected chi connectivity index (χ2v) is 10.9. The molecule has 2 aromatic rings. The summed E-state index contributed by atoms with van der Waals surface area (Å²) in [5, 5.41) is 7.22. The van der Waals surface area contributed by atoms with Crippen LogP contribution in [-0.2, 0) is 14.8 Å². The minimum Gasteiger partial charge on any atom is -0.354 e. The van der Waals surface area contributed by atoms with E-state index >= 15 is 0 Å². The van der Waals surface area contributed by atoms with Crippen molar-refractivity contribution in [2.75, 3.05) is 33.7 Å². The number of rotatable bonds is 7. The molecule has 0 spiro atoms. The maximum absolute atomic E-state index is 13.0. The molecule has 1 unspecified atom stereocenters. The van der Waals surface area contributed by atoms with E-state index < -0.39 is 10.0 Å². The van der Waals surface area contributed by atoms with Crippen molar-refractivity contribution in [2.45, 2.75) is 37.6 Å². The van der Waals surface area contributed by atoms with Crippen LogP contribution in [0.1, 0.15) is 35.6 Å². The Kier molecular flexibility index (Phi) is 7.34. The third-order valence-corrected chi connectivity index (χ3v) is 8.56. The molecule has 1 aromatic heterocycles. The van der Waals surface area contributed by atoms with Crippen LogP contribution in [0.3, 0.4) is 0 Å². The number of amides is 1. The van der Waals surface area contributed by atoms with E-state index in [-0.39, 0.29) is 17.9 Å². The Morgan fingerprint density at radius 1 is 1.20 bits per heavy atom. The van der Waals surface area contributed by atoms with Crippen LogP contribution >= 0.6 is 11.3 Å². The maximum Gasteiger partial charge on any atom is 0.243 e. The molecule has 2 heterocycles. The Morgan fingerprint density at radius 2 is 1.90 bits per heavy atom. The number of likely N-dealkylation sites (N-methyl/N-ethyl adjacent to an activating group) is 1. The van der Waals surface area contributed by atoms with Crippen molar-refractivity contribution in [1.82, 2.24) is 14.5 Å². The molecule has 1 atom stereocenters. The van der Waals surface area contributed by atoms with Crippen molar-refractivity contribution in [3.8, 4) is 0 Å². The van der Waals surface area contributed by atoms with Gasteiger partial charge in [0, 0.05) is 25.6 Å². The lowest BCUT2D eigenvalue weighted by Crippen LogP contribution is -2.44. The topological polar surface area (TPSA) is 69.7 Å². The van der Waals surface area contributed by atoms with Crippen LogP contribution in [0.15, 0.2) is 39.9 Å². The number of thiophene rings is 1. The highest BCUT2D eigenvalue weighted by Crippen LogP contribution is 2.26.